The first kappa shape index (κ1) is 14.3. The molecule has 0 aromatic rings. The molecular weight excluding hydrogens is 256 g/mol. The molecule has 0 saturated carbocycles. The molecule has 114 valence electrons. The minimum atomic E-state index is 0.0821. The van der Waals surface area contributed by atoms with Crippen LogP contribution >= 0.6 is 0 Å². The Kier molecular flexibility index (Phi) is 4.91. The van der Waals surface area contributed by atoms with Crippen LogP contribution in [0.5, 0.6) is 0 Å². The Balaban J connectivity index is 1.55. The van der Waals surface area contributed by atoms with Crippen LogP contribution in [0.2, 0.25) is 0 Å². The summed E-state index contributed by atoms with van der Waals surface area (Å²) in [6.45, 7) is 5.74. The SMILES string of the molecule is O=C([C@H]1CCCN1C[C@H]1CCCCO1)N1CCOCC1. The summed E-state index contributed by atoms with van der Waals surface area (Å²) in [6.07, 6.45) is 6.07. The molecule has 3 saturated heterocycles. The number of hydrogen-bond acceptors (Lipinski definition) is 4. The summed E-state index contributed by atoms with van der Waals surface area (Å²) in [5.41, 5.74) is 0. The van der Waals surface area contributed by atoms with Gasteiger partial charge in [-0.3, -0.25) is 9.69 Å². The van der Waals surface area contributed by atoms with Crippen molar-refractivity contribution in [3.63, 3.8) is 0 Å². The molecule has 0 unspecified atom stereocenters. The highest BCUT2D eigenvalue weighted by atomic mass is 16.5. The lowest BCUT2D eigenvalue weighted by molar-refractivity contribution is -0.140. The molecule has 3 fully saturated rings. The fourth-order valence-electron chi connectivity index (χ4n) is 3.53. The van der Waals surface area contributed by atoms with Gasteiger partial charge in [0, 0.05) is 26.2 Å². The van der Waals surface area contributed by atoms with Crippen molar-refractivity contribution in [3.05, 3.63) is 0 Å². The second-order valence-electron chi connectivity index (χ2n) is 6.08. The van der Waals surface area contributed by atoms with Gasteiger partial charge >= 0.3 is 0 Å². The maximum atomic E-state index is 12.6. The second-order valence-corrected chi connectivity index (χ2v) is 6.08. The van der Waals surface area contributed by atoms with Gasteiger partial charge in [-0.15, -0.1) is 0 Å². The third kappa shape index (κ3) is 3.32. The molecule has 3 aliphatic heterocycles. The number of hydrogen-bond donors (Lipinski definition) is 0. The van der Waals surface area contributed by atoms with E-state index in [4.69, 9.17) is 9.47 Å². The topological polar surface area (TPSA) is 42.0 Å². The first-order chi connectivity index (χ1) is 9.84. The van der Waals surface area contributed by atoms with Crippen LogP contribution in [0.3, 0.4) is 0 Å². The smallest absolute Gasteiger partial charge is 0.240 e. The van der Waals surface area contributed by atoms with Crippen molar-refractivity contribution in [2.75, 3.05) is 46.0 Å². The lowest BCUT2D eigenvalue weighted by Crippen LogP contribution is -2.51. The Morgan fingerprint density at radius 1 is 1.00 bits per heavy atom. The van der Waals surface area contributed by atoms with Crippen molar-refractivity contribution in [1.29, 1.82) is 0 Å². The third-order valence-electron chi connectivity index (χ3n) is 4.68. The van der Waals surface area contributed by atoms with E-state index in [0.717, 1.165) is 52.0 Å². The van der Waals surface area contributed by atoms with Gasteiger partial charge in [-0.2, -0.15) is 0 Å². The minimum absolute atomic E-state index is 0.0821. The van der Waals surface area contributed by atoms with E-state index in [0.29, 0.717) is 25.2 Å². The predicted molar refractivity (Wildman–Crippen MR) is 75.6 cm³/mol. The van der Waals surface area contributed by atoms with Crippen molar-refractivity contribution < 1.29 is 14.3 Å². The van der Waals surface area contributed by atoms with Gasteiger partial charge in [0.05, 0.1) is 25.4 Å². The summed E-state index contributed by atoms with van der Waals surface area (Å²) in [5.74, 6) is 0.307. The molecule has 3 aliphatic rings. The minimum Gasteiger partial charge on any atom is -0.378 e. The van der Waals surface area contributed by atoms with Gasteiger partial charge in [0.1, 0.15) is 0 Å². The fourth-order valence-corrected chi connectivity index (χ4v) is 3.53. The number of morpholine rings is 1. The summed E-state index contributed by atoms with van der Waals surface area (Å²) >= 11 is 0. The predicted octanol–water partition coefficient (Wildman–Crippen LogP) is 0.879. The average molecular weight is 282 g/mol. The first-order valence-corrected chi connectivity index (χ1v) is 8.07. The van der Waals surface area contributed by atoms with Crippen LogP contribution in [0.25, 0.3) is 0 Å². The summed E-state index contributed by atoms with van der Waals surface area (Å²) in [6, 6.07) is 0.0821. The van der Waals surface area contributed by atoms with Crippen molar-refractivity contribution >= 4 is 5.91 Å². The highest BCUT2D eigenvalue weighted by molar-refractivity contribution is 5.82. The van der Waals surface area contributed by atoms with E-state index in [1.165, 1.54) is 12.8 Å². The second kappa shape index (κ2) is 6.87. The van der Waals surface area contributed by atoms with Crippen LogP contribution < -0.4 is 0 Å². The molecule has 2 atom stereocenters. The zero-order chi connectivity index (χ0) is 13.8. The zero-order valence-corrected chi connectivity index (χ0v) is 12.3. The van der Waals surface area contributed by atoms with E-state index in [1.807, 2.05) is 4.90 Å². The maximum Gasteiger partial charge on any atom is 0.240 e. The molecule has 5 nitrogen and oxygen atoms in total. The number of ether oxygens (including phenoxy) is 2. The average Bonchev–Trinajstić information content (AvgIpc) is 2.96. The summed E-state index contributed by atoms with van der Waals surface area (Å²) in [5, 5.41) is 0. The van der Waals surface area contributed by atoms with Crippen LogP contribution in [-0.4, -0.2) is 73.9 Å². The van der Waals surface area contributed by atoms with Crippen molar-refractivity contribution in [1.82, 2.24) is 9.80 Å². The Labute approximate surface area is 121 Å². The Hall–Kier alpha value is -0.650. The lowest BCUT2D eigenvalue weighted by atomic mass is 10.1. The Morgan fingerprint density at radius 2 is 1.85 bits per heavy atom. The molecule has 0 N–H and O–H groups in total. The molecular formula is C15H26N2O3. The third-order valence-corrected chi connectivity index (χ3v) is 4.68. The van der Waals surface area contributed by atoms with Crippen LogP contribution in [0.15, 0.2) is 0 Å². The number of carbonyl (C=O) groups is 1. The largest absolute Gasteiger partial charge is 0.378 e. The van der Waals surface area contributed by atoms with Crippen LogP contribution in [-0.2, 0) is 14.3 Å². The molecule has 0 spiro atoms. The van der Waals surface area contributed by atoms with Gasteiger partial charge in [0.15, 0.2) is 0 Å². The van der Waals surface area contributed by atoms with Gasteiger partial charge in [0.2, 0.25) is 5.91 Å². The molecule has 0 bridgehead atoms. The standard InChI is InChI=1S/C15H26N2O3/c18-15(16-7-10-19-11-8-16)14-5-3-6-17(14)12-13-4-1-2-9-20-13/h13-14H,1-12H2/t13-,14-/m1/s1. The normalized spacial score (nSPS) is 32.5. The Morgan fingerprint density at radius 3 is 2.60 bits per heavy atom. The number of nitrogens with zero attached hydrogens (tertiary/aromatic N) is 2. The number of carbonyl (C=O) groups excluding carboxylic acids is 1. The first-order valence-electron chi connectivity index (χ1n) is 8.07. The van der Waals surface area contributed by atoms with Crippen molar-refractivity contribution in [3.8, 4) is 0 Å². The molecule has 1 amide bonds. The van der Waals surface area contributed by atoms with Gasteiger partial charge < -0.3 is 14.4 Å². The summed E-state index contributed by atoms with van der Waals surface area (Å²) in [7, 11) is 0. The van der Waals surface area contributed by atoms with Crippen molar-refractivity contribution in [2.24, 2.45) is 0 Å². The van der Waals surface area contributed by atoms with Crippen LogP contribution in [0.4, 0.5) is 0 Å². The van der Waals surface area contributed by atoms with E-state index in [-0.39, 0.29) is 6.04 Å². The maximum absolute atomic E-state index is 12.6. The molecule has 0 aliphatic carbocycles. The monoisotopic (exact) mass is 282 g/mol. The number of likely N-dealkylation sites (tertiary alicyclic amines) is 1. The molecule has 5 heteroatoms. The van der Waals surface area contributed by atoms with E-state index in [1.54, 1.807) is 0 Å². The summed E-state index contributed by atoms with van der Waals surface area (Å²) < 4.78 is 11.2. The van der Waals surface area contributed by atoms with E-state index >= 15 is 0 Å². The van der Waals surface area contributed by atoms with E-state index in [9.17, 15) is 4.79 Å². The zero-order valence-electron chi connectivity index (χ0n) is 12.3. The van der Waals surface area contributed by atoms with E-state index < -0.39 is 0 Å². The molecule has 3 rings (SSSR count). The van der Waals surface area contributed by atoms with Gasteiger partial charge in [0.25, 0.3) is 0 Å². The molecule has 0 aromatic carbocycles. The van der Waals surface area contributed by atoms with Crippen molar-refractivity contribution in [2.45, 2.75) is 44.2 Å². The Bertz CT molecular complexity index is 325. The van der Waals surface area contributed by atoms with E-state index in [2.05, 4.69) is 4.90 Å². The highest BCUT2D eigenvalue weighted by Crippen LogP contribution is 2.23. The van der Waals surface area contributed by atoms with Crippen LogP contribution in [0.1, 0.15) is 32.1 Å². The number of rotatable bonds is 3. The quantitative estimate of drug-likeness (QED) is 0.770. The number of amides is 1. The molecule has 0 aromatic heterocycles. The molecule has 0 radical (unpaired) electrons. The van der Waals surface area contributed by atoms with Gasteiger partial charge in [-0.25, -0.2) is 0 Å². The highest BCUT2D eigenvalue weighted by Gasteiger charge is 2.35. The molecule has 3 heterocycles. The van der Waals surface area contributed by atoms with Gasteiger partial charge in [-0.1, -0.05) is 0 Å². The lowest BCUT2D eigenvalue weighted by Gasteiger charge is -2.34. The fraction of sp³-hybridized carbons (Fsp3) is 0.933. The van der Waals surface area contributed by atoms with Gasteiger partial charge in [-0.05, 0) is 38.6 Å². The summed E-state index contributed by atoms with van der Waals surface area (Å²) in [4.78, 5) is 17.0. The molecule has 20 heavy (non-hydrogen) atoms. The van der Waals surface area contributed by atoms with Crippen LogP contribution in [0, 0.1) is 0 Å².